The fraction of sp³-hybridized carbons (Fsp3) is 0.278. The van der Waals surface area contributed by atoms with Crippen LogP contribution in [0.5, 0.6) is 11.5 Å². The van der Waals surface area contributed by atoms with Crippen molar-refractivity contribution in [1.29, 1.82) is 0 Å². The second kappa shape index (κ2) is 9.22. The van der Waals surface area contributed by atoms with Crippen LogP contribution in [0.3, 0.4) is 0 Å². The number of para-hydroxylation sites is 1. The molecule has 1 unspecified atom stereocenters. The second-order valence-corrected chi connectivity index (χ2v) is 5.78. The first kappa shape index (κ1) is 20.5. The average Bonchev–Trinajstić information content (AvgIpc) is 2.57. The topological polar surface area (TPSA) is 52.0 Å². The van der Waals surface area contributed by atoms with Gasteiger partial charge in [-0.1, -0.05) is 12.1 Å². The highest BCUT2D eigenvalue weighted by molar-refractivity contribution is 5.91. The van der Waals surface area contributed by atoms with Crippen molar-refractivity contribution in [2.24, 2.45) is 0 Å². The zero-order valence-electron chi connectivity index (χ0n) is 14.5. The summed E-state index contributed by atoms with van der Waals surface area (Å²) in [5.74, 6) is -0.988. The van der Waals surface area contributed by atoms with Gasteiger partial charge in [0, 0.05) is 5.69 Å². The molecule has 146 valence electrons. The van der Waals surface area contributed by atoms with Gasteiger partial charge in [0.2, 0.25) is 0 Å². The zero-order chi connectivity index (χ0) is 19.9. The van der Waals surface area contributed by atoms with Crippen LogP contribution in [0.4, 0.5) is 23.2 Å². The molecule has 1 amide bonds. The first-order chi connectivity index (χ1) is 12.7. The van der Waals surface area contributed by atoms with E-state index in [1.54, 1.807) is 19.2 Å². The number of alkyl halides is 3. The molecule has 27 heavy (non-hydrogen) atoms. The summed E-state index contributed by atoms with van der Waals surface area (Å²) in [7, 11) is 1.77. The first-order valence-electron chi connectivity index (χ1n) is 8.07. The third kappa shape index (κ3) is 7.53. The summed E-state index contributed by atoms with van der Waals surface area (Å²) in [5.41, 5.74) is 0.352. The molecule has 0 aliphatic heterocycles. The van der Waals surface area contributed by atoms with E-state index in [2.05, 4.69) is 10.1 Å². The molecule has 0 fully saturated rings. The number of ether oxygens (including phenoxy) is 2. The smallest absolute Gasteiger partial charge is 0.485 e. The standard InChI is InChI=1S/C18H18F4N2O3/c1-24(10-11-26-16-5-3-2-4-15(16)19)12-17(25)23-13-6-8-14(9-7-13)27-18(20,21)22/h2-9H,10-12H2,1H3,(H,23,25)/p+1. The summed E-state index contributed by atoms with van der Waals surface area (Å²) in [6.45, 7) is 0.797. The molecule has 0 aromatic heterocycles. The molecule has 9 heteroatoms. The van der Waals surface area contributed by atoms with Gasteiger partial charge in [0.25, 0.3) is 5.91 Å². The van der Waals surface area contributed by atoms with Crippen LogP contribution in [0.2, 0.25) is 0 Å². The third-order valence-corrected chi connectivity index (χ3v) is 3.46. The molecule has 2 N–H and O–H groups in total. The van der Waals surface area contributed by atoms with Crippen molar-refractivity contribution in [3.8, 4) is 11.5 Å². The molecule has 0 spiro atoms. The Morgan fingerprint density at radius 3 is 2.41 bits per heavy atom. The molecule has 0 aliphatic carbocycles. The van der Waals surface area contributed by atoms with Gasteiger partial charge in [-0.25, -0.2) is 4.39 Å². The number of quaternary nitrogens is 1. The first-order valence-corrected chi connectivity index (χ1v) is 8.07. The van der Waals surface area contributed by atoms with Crippen LogP contribution < -0.4 is 19.7 Å². The van der Waals surface area contributed by atoms with Crippen LogP contribution >= 0.6 is 0 Å². The van der Waals surface area contributed by atoms with Gasteiger partial charge in [0.15, 0.2) is 18.1 Å². The molecule has 0 saturated carbocycles. The average molecular weight is 387 g/mol. The normalized spacial score (nSPS) is 12.3. The Labute approximate surface area is 153 Å². The Kier molecular flexibility index (Phi) is 7.00. The van der Waals surface area contributed by atoms with Gasteiger partial charge < -0.3 is 19.7 Å². The number of hydrogen-bond donors (Lipinski definition) is 2. The number of amides is 1. The van der Waals surface area contributed by atoms with E-state index >= 15 is 0 Å². The van der Waals surface area contributed by atoms with Crippen LogP contribution in [0, 0.1) is 5.82 Å². The monoisotopic (exact) mass is 387 g/mol. The van der Waals surface area contributed by atoms with Crippen LogP contribution in [0.25, 0.3) is 0 Å². The van der Waals surface area contributed by atoms with E-state index < -0.39 is 12.2 Å². The summed E-state index contributed by atoms with van der Waals surface area (Å²) < 4.78 is 58.8. The Balaban J connectivity index is 1.73. The third-order valence-electron chi connectivity index (χ3n) is 3.46. The summed E-state index contributed by atoms with van der Waals surface area (Å²) >= 11 is 0. The second-order valence-electron chi connectivity index (χ2n) is 5.78. The molecule has 0 aliphatic rings. The number of carbonyl (C=O) groups is 1. The van der Waals surface area contributed by atoms with Gasteiger partial charge >= 0.3 is 6.36 Å². The lowest BCUT2D eigenvalue weighted by atomic mass is 10.3. The Morgan fingerprint density at radius 1 is 1.11 bits per heavy atom. The minimum absolute atomic E-state index is 0.113. The van der Waals surface area contributed by atoms with Crippen molar-refractivity contribution >= 4 is 11.6 Å². The summed E-state index contributed by atoms with van der Waals surface area (Å²) in [5, 5.41) is 2.58. The molecule has 1 atom stereocenters. The Bertz CT molecular complexity index is 751. The lowest BCUT2D eigenvalue weighted by molar-refractivity contribution is -0.871. The maximum Gasteiger partial charge on any atom is 0.573 e. The lowest BCUT2D eigenvalue weighted by Crippen LogP contribution is -3.10. The van der Waals surface area contributed by atoms with Crippen LogP contribution in [-0.4, -0.2) is 39.0 Å². The van der Waals surface area contributed by atoms with E-state index in [-0.39, 0.29) is 30.6 Å². The predicted octanol–water partition coefficient (Wildman–Crippen LogP) is 2.26. The van der Waals surface area contributed by atoms with Gasteiger partial charge in [0.05, 0.1) is 7.05 Å². The number of benzene rings is 2. The number of halogens is 4. The molecule has 2 aromatic rings. The molecule has 0 radical (unpaired) electrons. The van der Waals surface area contributed by atoms with Crippen LogP contribution in [0.1, 0.15) is 0 Å². The van der Waals surface area contributed by atoms with Gasteiger partial charge in [-0.2, -0.15) is 0 Å². The van der Waals surface area contributed by atoms with E-state index in [4.69, 9.17) is 4.74 Å². The van der Waals surface area contributed by atoms with E-state index in [9.17, 15) is 22.4 Å². The van der Waals surface area contributed by atoms with Crippen LogP contribution in [0.15, 0.2) is 48.5 Å². The molecule has 0 bridgehead atoms. The van der Waals surface area contributed by atoms with Crippen molar-refractivity contribution in [2.45, 2.75) is 6.36 Å². The molecule has 2 rings (SSSR count). The van der Waals surface area contributed by atoms with Gasteiger partial charge in [-0.05, 0) is 36.4 Å². The molecule has 0 heterocycles. The van der Waals surface area contributed by atoms with Crippen molar-refractivity contribution in [1.82, 2.24) is 0 Å². The van der Waals surface area contributed by atoms with E-state index in [0.29, 0.717) is 12.2 Å². The van der Waals surface area contributed by atoms with Crippen molar-refractivity contribution in [3.05, 3.63) is 54.3 Å². The highest BCUT2D eigenvalue weighted by atomic mass is 19.4. The van der Waals surface area contributed by atoms with E-state index in [1.165, 1.54) is 24.3 Å². The molecule has 0 saturated heterocycles. The maximum absolute atomic E-state index is 13.4. The summed E-state index contributed by atoms with van der Waals surface area (Å²) in [4.78, 5) is 12.8. The van der Waals surface area contributed by atoms with Crippen LogP contribution in [-0.2, 0) is 4.79 Å². The number of carbonyl (C=O) groups excluding carboxylic acids is 1. The highest BCUT2D eigenvalue weighted by Gasteiger charge is 2.30. The summed E-state index contributed by atoms with van der Waals surface area (Å²) in [6.07, 6.45) is -4.76. The largest absolute Gasteiger partial charge is 0.573 e. The predicted molar refractivity (Wildman–Crippen MR) is 90.3 cm³/mol. The molecular weight excluding hydrogens is 368 g/mol. The zero-order valence-corrected chi connectivity index (χ0v) is 14.5. The van der Waals surface area contributed by atoms with Gasteiger partial charge in [0.1, 0.15) is 18.9 Å². The van der Waals surface area contributed by atoms with E-state index in [1.807, 2.05) is 0 Å². The quantitative estimate of drug-likeness (QED) is 0.684. The van der Waals surface area contributed by atoms with E-state index in [0.717, 1.165) is 17.0 Å². The Hall–Kier alpha value is -2.81. The SMILES string of the molecule is C[NH+](CCOc1ccccc1F)CC(=O)Nc1ccc(OC(F)(F)F)cc1. The van der Waals surface area contributed by atoms with Gasteiger partial charge in [-0.3, -0.25) is 4.79 Å². The van der Waals surface area contributed by atoms with Gasteiger partial charge in [-0.15, -0.1) is 13.2 Å². The fourth-order valence-corrected chi connectivity index (χ4v) is 2.20. The minimum Gasteiger partial charge on any atom is -0.485 e. The number of likely N-dealkylation sites (N-methyl/N-ethyl adjacent to an activating group) is 1. The van der Waals surface area contributed by atoms with Crippen molar-refractivity contribution in [3.63, 3.8) is 0 Å². The molecule has 2 aromatic carbocycles. The van der Waals surface area contributed by atoms with Crippen molar-refractivity contribution < 1.29 is 36.7 Å². The lowest BCUT2D eigenvalue weighted by Gasteiger charge is -2.15. The number of rotatable bonds is 8. The molecular formula is C18H19F4N2O3+. The maximum atomic E-state index is 13.4. The highest BCUT2D eigenvalue weighted by Crippen LogP contribution is 2.23. The number of nitrogens with one attached hydrogen (secondary N) is 2. The summed E-state index contributed by atoms with van der Waals surface area (Å²) in [6, 6.07) is 10.9. The Morgan fingerprint density at radius 2 is 1.78 bits per heavy atom. The number of anilines is 1. The fourth-order valence-electron chi connectivity index (χ4n) is 2.20. The molecule has 5 nitrogen and oxygen atoms in total. The van der Waals surface area contributed by atoms with Crippen molar-refractivity contribution in [2.75, 3.05) is 32.1 Å². The minimum atomic E-state index is -4.76. The number of hydrogen-bond acceptors (Lipinski definition) is 3.